The Labute approximate surface area is 185 Å². The van der Waals surface area contributed by atoms with Crippen LogP contribution in [0.2, 0.25) is 0 Å². The molecular weight excluding hydrogens is 434 g/mol. The molecule has 0 fully saturated rings. The van der Waals surface area contributed by atoms with Gasteiger partial charge in [-0.05, 0) is 55.8 Å². The van der Waals surface area contributed by atoms with E-state index < -0.39 is 9.84 Å². The van der Waals surface area contributed by atoms with Crippen molar-refractivity contribution in [2.24, 2.45) is 0 Å². The highest BCUT2D eigenvalue weighted by atomic mass is 32.2. The van der Waals surface area contributed by atoms with Crippen LogP contribution in [-0.2, 0) is 14.6 Å². The van der Waals surface area contributed by atoms with Crippen LogP contribution in [0.1, 0.15) is 36.6 Å². The fourth-order valence-corrected chi connectivity index (χ4v) is 6.51. The van der Waals surface area contributed by atoms with Crippen molar-refractivity contribution in [2.75, 3.05) is 12.4 Å². The van der Waals surface area contributed by atoms with Gasteiger partial charge in [0.2, 0.25) is 15.7 Å². The van der Waals surface area contributed by atoms with Gasteiger partial charge in [-0.1, -0.05) is 12.1 Å². The zero-order valence-electron chi connectivity index (χ0n) is 17.4. The average molecular weight is 458 g/mol. The van der Waals surface area contributed by atoms with Crippen LogP contribution in [0.25, 0.3) is 0 Å². The van der Waals surface area contributed by atoms with Crippen molar-refractivity contribution in [2.45, 2.75) is 42.1 Å². The summed E-state index contributed by atoms with van der Waals surface area (Å²) in [6.45, 7) is 3.92. The van der Waals surface area contributed by atoms with E-state index >= 15 is 0 Å². The number of thiophene rings is 1. The molecule has 1 atom stereocenters. The number of amides is 1. The lowest BCUT2D eigenvalue weighted by molar-refractivity contribution is -0.116. The summed E-state index contributed by atoms with van der Waals surface area (Å²) >= 11 is 1.35. The third-order valence-corrected chi connectivity index (χ3v) is 8.11. The Morgan fingerprint density at radius 2 is 1.68 bits per heavy atom. The molecule has 31 heavy (non-hydrogen) atoms. The molecule has 1 aliphatic rings. The average Bonchev–Trinajstić information content (AvgIpc) is 3.18. The van der Waals surface area contributed by atoms with Crippen LogP contribution >= 0.6 is 11.3 Å². The zero-order chi connectivity index (χ0) is 22.2. The number of hydrogen-bond acceptors (Lipinski definition) is 6. The molecule has 0 bridgehead atoms. The quantitative estimate of drug-likeness (QED) is 0.572. The van der Waals surface area contributed by atoms with Gasteiger partial charge in [-0.15, -0.1) is 11.3 Å². The molecule has 2 aromatic carbocycles. The van der Waals surface area contributed by atoms with Gasteiger partial charge in [0.1, 0.15) is 16.4 Å². The van der Waals surface area contributed by atoms with Crippen LogP contribution in [0.15, 0.2) is 63.7 Å². The summed E-state index contributed by atoms with van der Waals surface area (Å²) in [5.74, 6) is 0.920. The minimum atomic E-state index is -3.79. The fourth-order valence-electron chi connectivity index (χ4n) is 3.60. The monoisotopic (exact) mass is 457 g/mol. The smallest absolute Gasteiger partial charge is 0.225 e. The SMILES string of the molecule is COc1ccc(S(=O)(=O)c2csc3c2NC(=O)C[C@@H]3c2ccc(OC(C)C)cc2)cc1. The maximum atomic E-state index is 13.3. The van der Waals surface area contributed by atoms with Crippen molar-refractivity contribution in [1.29, 1.82) is 0 Å². The van der Waals surface area contributed by atoms with E-state index in [1.165, 1.54) is 30.6 Å². The van der Waals surface area contributed by atoms with Crippen LogP contribution in [0.5, 0.6) is 11.5 Å². The maximum Gasteiger partial charge on any atom is 0.225 e. The van der Waals surface area contributed by atoms with Gasteiger partial charge in [-0.2, -0.15) is 0 Å². The van der Waals surface area contributed by atoms with Crippen LogP contribution in [0, 0.1) is 0 Å². The molecule has 0 saturated carbocycles. The highest BCUT2D eigenvalue weighted by Crippen LogP contribution is 2.46. The molecule has 0 radical (unpaired) electrons. The third kappa shape index (κ3) is 4.18. The zero-order valence-corrected chi connectivity index (χ0v) is 19.0. The van der Waals surface area contributed by atoms with Crippen molar-refractivity contribution >= 4 is 32.8 Å². The molecule has 0 saturated heterocycles. The van der Waals surface area contributed by atoms with E-state index in [9.17, 15) is 13.2 Å². The number of carbonyl (C=O) groups is 1. The van der Waals surface area contributed by atoms with Crippen molar-refractivity contribution in [1.82, 2.24) is 0 Å². The lowest BCUT2D eigenvalue weighted by Crippen LogP contribution is -2.23. The molecule has 0 aliphatic carbocycles. The second kappa shape index (κ2) is 8.36. The lowest BCUT2D eigenvalue weighted by atomic mass is 9.90. The van der Waals surface area contributed by atoms with Crippen molar-refractivity contribution < 1.29 is 22.7 Å². The first-order valence-corrected chi connectivity index (χ1v) is 12.2. The second-order valence-corrected chi connectivity index (χ2v) is 10.4. The van der Waals surface area contributed by atoms with E-state index in [1.807, 2.05) is 38.1 Å². The number of benzene rings is 2. The van der Waals surface area contributed by atoms with Crippen molar-refractivity contribution in [3.63, 3.8) is 0 Å². The van der Waals surface area contributed by atoms with Gasteiger partial charge in [0, 0.05) is 22.6 Å². The summed E-state index contributed by atoms with van der Waals surface area (Å²) in [7, 11) is -2.27. The molecular formula is C23H23NO5S2. The van der Waals surface area contributed by atoms with Gasteiger partial charge in [0.15, 0.2) is 0 Å². The Hall–Kier alpha value is -2.84. The first-order chi connectivity index (χ1) is 14.8. The van der Waals surface area contributed by atoms with Gasteiger partial charge in [-0.3, -0.25) is 4.79 Å². The van der Waals surface area contributed by atoms with E-state index in [4.69, 9.17) is 9.47 Å². The number of sulfone groups is 1. The topological polar surface area (TPSA) is 81.7 Å². The molecule has 1 aliphatic heterocycles. The normalized spacial score (nSPS) is 16.0. The molecule has 8 heteroatoms. The Morgan fingerprint density at radius 3 is 2.29 bits per heavy atom. The van der Waals surface area contributed by atoms with Gasteiger partial charge < -0.3 is 14.8 Å². The summed E-state index contributed by atoms with van der Waals surface area (Å²) < 4.78 is 37.3. The second-order valence-electron chi connectivity index (χ2n) is 7.56. The van der Waals surface area contributed by atoms with Gasteiger partial charge in [-0.25, -0.2) is 8.42 Å². The molecule has 4 rings (SSSR count). The van der Waals surface area contributed by atoms with Crippen molar-refractivity contribution in [3.05, 3.63) is 64.4 Å². The van der Waals surface area contributed by atoms with E-state index in [1.54, 1.807) is 17.5 Å². The van der Waals surface area contributed by atoms with E-state index in [0.29, 0.717) is 11.4 Å². The first kappa shape index (κ1) is 21.4. The number of fused-ring (bicyclic) bond motifs is 1. The minimum absolute atomic E-state index is 0.0703. The van der Waals surface area contributed by atoms with Crippen LogP contribution in [0.4, 0.5) is 5.69 Å². The number of hydrogen-bond donors (Lipinski definition) is 1. The van der Waals surface area contributed by atoms with Gasteiger partial charge in [0.05, 0.1) is 23.8 Å². The molecule has 1 N–H and O–H groups in total. The summed E-state index contributed by atoms with van der Waals surface area (Å²) in [4.78, 5) is 13.6. The molecule has 1 aromatic heterocycles. The lowest BCUT2D eigenvalue weighted by Gasteiger charge is -2.24. The Bertz CT molecular complexity index is 1200. The van der Waals surface area contributed by atoms with E-state index in [-0.39, 0.29) is 34.1 Å². The Morgan fingerprint density at radius 1 is 1.03 bits per heavy atom. The van der Waals surface area contributed by atoms with E-state index in [2.05, 4.69) is 5.32 Å². The Balaban J connectivity index is 1.71. The molecule has 2 heterocycles. The van der Waals surface area contributed by atoms with Crippen molar-refractivity contribution in [3.8, 4) is 11.5 Å². The number of nitrogens with one attached hydrogen (secondary N) is 1. The molecule has 0 unspecified atom stereocenters. The number of ether oxygens (including phenoxy) is 2. The third-order valence-electron chi connectivity index (χ3n) is 5.07. The highest BCUT2D eigenvalue weighted by molar-refractivity contribution is 7.91. The number of rotatable bonds is 6. The van der Waals surface area contributed by atoms with E-state index in [0.717, 1.165) is 16.2 Å². The molecule has 3 aromatic rings. The molecule has 6 nitrogen and oxygen atoms in total. The van der Waals surface area contributed by atoms with Crippen LogP contribution in [-0.4, -0.2) is 27.5 Å². The number of carbonyl (C=O) groups excluding carboxylic acids is 1. The fraction of sp³-hybridized carbons (Fsp3) is 0.261. The molecule has 162 valence electrons. The summed E-state index contributed by atoms with van der Waals surface area (Å²) in [5, 5.41) is 4.40. The molecule has 0 spiro atoms. The first-order valence-electron chi connectivity index (χ1n) is 9.86. The standard InChI is InChI=1S/C23H23NO5S2/c1-14(2)29-17-6-4-15(5-7-17)19-12-21(25)24-22-20(13-30-23(19)22)31(26,27)18-10-8-16(28-3)9-11-18/h4-11,13-14,19H,12H2,1-3H3,(H,24,25)/t19-/m1/s1. The molecule has 1 amide bonds. The predicted octanol–water partition coefficient (Wildman–Crippen LogP) is 4.85. The largest absolute Gasteiger partial charge is 0.497 e. The summed E-state index contributed by atoms with van der Waals surface area (Å²) in [6, 6.07) is 13.8. The Kier molecular flexibility index (Phi) is 5.77. The summed E-state index contributed by atoms with van der Waals surface area (Å²) in [6.07, 6.45) is 0.334. The number of anilines is 1. The summed E-state index contributed by atoms with van der Waals surface area (Å²) in [5.41, 5.74) is 1.33. The number of methoxy groups -OCH3 is 1. The highest BCUT2D eigenvalue weighted by Gasteiger charge is 2.34. The van der Waals surface area contributed by atoms with Crippen LogP contribution < -0.4 is 14.8 Å². The minimum Gasteiger partial charge on any atom is -0.497 e. The maximum absolute atomic E-state index is 13.3. The van der Waals surface area contributed by atoms with Gasteiger partial charge in [0.25, 0.3) is 0 Å². The predicted molar refractivity (Wildman–Crippen MR) is 120 cm³/mol. The van der Waals surface area contributed by atoms with Gasteiger partial charge >= 0.3 is 0 Å². The van der Waals surface area contributed by atoms with Crippen LogP contribution in [0.3, 0.4) is 0 Å².